The van der Waals surface area contributed by atoms with Crippen LogP contribution in [0.15, 0.2) is 24.3 Å². The number of hydrogen-bond donors (Lipinski definition) is 3. The van der Waals surface area contributed by atoms with E-state index in [0.717, 1.165) is 13.1 Å². The molecule has 0 radical (unpaired) electrons. The van der Waals surface area contributed by atoms with Crippen LogP contribution >= 0.6 is 0 Å². The Balaban J connectivity index is 2.20. The molecule has 4 N–H and O–H groups in total. The van der Waals surface area contributed by atoms with Gasteiger partial charge >= 0.3 is 0 Å². The maximum atomic E-state index is 13.1. The zero-order chi connectivity index (χ0) is 11.6. The van der Waals surface area contributed by atoms with E-state index < -0.39 is 11.6 Å². The summed E-state index contributed by atoms with van der Waals surface area (Å²) in [7, 11) is 0. The lowest BCUT2D eigenvalue weighted by Gasteiger charge is -2.37. The highest BCUT2D eigenvalue weighted by Gasteiger charge is 2.36. The summed E-state index contributed by atoms with van der Waals surface area (Å²) < 4.78 is 13.1. The van der Waals surface area contributed by atoms with Gasteiger partial charge in [0.2, 0.25) is 0 Å². The van der Waals surface area contributed by atoms with Crippen molar-refractivity contribution in [3.8, 4) is 0 Å². The van der Waals surface area contributed by atoms with E-state index in [1.54, 1.807) is 12.1 Å². The molecule has 0 aromatic heterocycles. The monoisotopic (exact) mass is 224 g/mol. The highest BCUT2D eigenvalue weighted by Crippen LogP contribution is 2.31. The number of rotatable bonds is 2. The van der Waals surface area contributed by atoms with Crippen molar-refractivity contribution < 1.29 is 9.50 Å². The van der Waals surface area contributed by atoms with Gasteiger partial charge in [0.15, 0.2) is 0 Å². The average Bonchev–Trinajstić information content (AvgIpc) is 2.29. The number of halogens is 1. The van der Waals surface area contributed by atoms with Gasteiger partial charge in [-0.15, -0.1) is 0 Å². The first-order valence-corrected chi connectivity index (χ1v) is 5.56. The molecule has 3 nitrogen and oxygen atoms in total. The summed E-state index contributed by atoms with van der Waals surface area (Å²) >= 11 is 0. The Kier molecular flexibility index (Phi) is 3.23. The number of nitrogens with one attached hydrogen (secondary N) is 1. The Morgan fingerprint density at radius 2 is 2.06 bits per heavy atom. The van der Waals surface area contributed by atoms with Gasteiger partial charge in [0.25, 0.3) is 0 Å². The highest BCUT2D eigenvalue weighted by molar-refractivity contribution is 5.23. The van der Waals surface area contributed by atoms with Crippen molar-refractivity contribution in [2.45, 2.75) is 24.5 Å². The standard InChI is InChI=1S/C12H17FN2O/c13-10-3-1-2-9(8-10)11(14)12(16)4-6-15-7-5-12/h1-3,8,11,15-16H,4-7,14H2. The van der Waals surface area contributed by atoms with Crippen molar-refractivity contribution in [2.75, 3.05) is 13.1 Å². The van der Waals surface area contributed by atoms with Crippen LogP contribution in [0.25, 0.3) is 0 Å². The first-order valence-electron chi connectivity index (χ1n) is 5.56. The van der Waals surface area contributed by atoms with Gasteiger partial charge in [0.05, 0.1) is 11.6 Å². The van der Waals surface area contributed by atoms with E-state index in [4.69, 9.17) is 5.73 Å². The molecule has 0 spiro atoms. The molecule has 2 rings (SSSR count). The molecular weight excluding hydrogens is 207 g/mol. The fourth-order valence-electron chi connectivity index (χ4n) is 2.18. The molecule has 0 aliphatic carbocycles. The van der Waals surface area contributed by atoms with E-state index in [0.29, 0.717) is 18.4 Å². The van der Waals surface area contributed by atoms with Gasteiger partial charge < -0.3 is 16.2 Å². The molecule has 1 unspecified atom stereocenters. The van der Waals surface area contributed by atoms with Crippen LogP contribution < -0.4 is 11.1 Å². The van der Waals surface area contributed by atoms with Crippen LogP contribution in [-0.4, -0.2) is 23.8 Å². The molecule has 1 heterocycles. The van der Waals surface area contributed by atoms with Crippen LogP contribution in [0.4, 0.5) is 4.39 Å². The molecule has 0 saturated carbocycles. The van der Waals surface area contributed by atoms with Crippen LogP contribution in [0, 0.1) is 5.82 Å². The highest BCUT2D eigenvalue weighted by atomic mass is 19.1. The van der Waals surface area contributed by atoms with E-state index in [1.807, 2.05) is 0 Å². The number of aliphatic hydroxyl groups is 1. The molecular formula is C12H17FN2O. The molecule has 16 heavy (non-hydrogen) atoms. The molecule has 0 amide bonds. The summed E-state index contributed by atoms with van der Waals surface area (Å²) in [5.74, 6) is -0.314. The Morgan fingerprint density at radius 1 is 1.38 bits per heavy atom. The van der Waals surface area contributed by atoms with Crippen LogP contribution in [0.1, 0.15) is 24.4 Å². The molecule has 1 aliphatic heterocycles. The molecule has 1 atom stereocenters. The smallest absolute Gasteiger partial charge is 0.123 e. The first kappa shape index (κ1) is 11.5. The van der Waals surface area contributed by atoms with E-state index in [-0.39, 0.29) is 5.82 Å². The maximum Gasteiger partial charge on any atom is 0.123 e. The summed E-state index contributed by atoms with van der Waals surface area (Å²) in [6, 6.07) is 5.63. The Hall–Kier alpha value is -0.970. The zero-order valence-corrected chi connectivity index (χ0v) is 9.12. The number of nitrogens with two attached hydrogens (primary N) is 1. The molecule has 1 fully saturated rings. The van der Waals surface area contributed by atoms with Gasteiger partial charge in [0.1, 0.15) is 5.82 Å². The zero-order valence-electron chi connectivity index (χ0n) is 9.12. The quantitative estimate of drug-likeness (QED) is 0.700. The largest absolute Gasteiger partial charge is 0.388 e. The minimum absolute atomic E-state index is 0.314. The number of benzene rings is 1. The third-order valence-corrected chi connectivity index (χ3v) is 3.26. The lowest BCUT2D eigenvalue weighted by molar-refractivity contribution is -0.0143. The molecule has 0 bridgehead atoms. The lowest BCUT2D eigenvalue weighted by Crippen LogP contribution is -2.49. The van der Waals surface area contributed by atoms with E-state index >= 15 is 0 Å². The third-order valence-electron chi connectivity index (χ3n) is 3.26. The lowest BCUT2D eigenvalue weighted by atomic mass is 9.82. The summed E-state index contributed by atoms with van der Waals surface area (Å²) in [6.45, 7) is 1.50. The van der Waals surface area contributed by atoms with Crippen molar-refractivity contribution in [3.63, 3.8) is 0 Å². The van der Waals surface area contributed by atoms with Gasteiger partial charge in [-0.2, -0.15) is 0 Å². The van der Waals surface area contributed by atoms with Crippen molar-refractivity contribution in [2.24, 2.45) is 5.73 Å². The minimum atomic E-state index is -0.918. The molecule has 88 valence electrons. The average molecular weight is 224 g/mol. The van der Waals surface area contributed by atoms with Crippen molar-refractivity contribution in [3.05, 3.63) is 35.6 Å². The van der Waals surface area contributed by atoms with Gasteiger partial charge in [-0.1, -0.05) is 12.1 Å². The van der Waals surface area contributed by atoms with Gasteiger partial charge in [-0.3, -0.25) is 0 Å². The van der Waals surface area contributed by atoms with Crippen LogP contribution in [0.2, 0.25) is 0 Å². The topological polar surface area (TPSA) is 58.3 Å². The summed E-state index contributed by atoms with van der Waals surface area (Å²) in [4.78, 5) is 0. The van der Waals surface area contributed by atoms with Crippen molar-refractivity contribution in [1.29, 1.82) is 0 Å². The fourth-order valence-corrected chi connectivity index (χ4v) is 2.18. The second-order valence-corrected chi connectivity index (χ2v) is 4.39. The number of hydrogen-bond acceptors (Lipinski definition) is 3. The number of piperidine rings is 1. The van der Waals surface area contributed by atoms with Crippen LogP contribution in [-0.2, 0) is 0 Å². The predicted octanol–water partition coefficient (Wildman–Crippen LogP) is 0.940. The molecule has 4 heteroatoms. The second kappa shape index (κ2) is 4.49. The van der Waals surface area contributed by atoms with Gasteiger partial charge in [0, 0.05) is 0 Å². The van der Waals surface area contributed by atoms with E-state index in [2.05, 4.69) is 5.32 Å². The first-order chi connectivity index (χ1) is 7.62. The van der Waals surface area contributed by atoms with Crippen molar-refractivity contribution >= 4 is 0 Å². The Labute approximate surface area is 94.5 Å². The van der Waals surface area contributed by atoms with E-state index in [9.17, 15) is 9.50 Å². The molecule has 1 saturated heterocycles. The normalized spacial score (nSPS) is 21.7. The van der Waals surface area contributed by atoms with E-state index in [1.165, 1.54) is 12.1 Å². The van der Waals surface area contributed by atoms with Gasteiger partial charge in [-0.05, 0) is 43.6 Å². The third kappa shape index (κ3) is 2.24. The van der Waals surface area contributed by atoms with Crippen LogP contribution in [0.3, 0.4) is 0 Å². The Morgan fingerprint density at radius 3 is 2.69 bits per heavy atom. The Bertz CT molecular complexity index is 364. The summed E-state index contributed by atoms with van der Waals surface area (Å²) in [6.07, 6.45) is 1.20. The predicted molar refractivity (Wildman–Crippen MR) is 60.4 cm³/mol. The minimum Gasteiger partial charge on any atom is -0.388 e. The van der Waals surface area contributed by atoms with Crippen LogP contribution in [0.5, 0.6) is 0 Å². The maximum absolute atomic E-state index is 13.1. The molecule has 1 aromatic rings. The van der Waals surface area contributed by atoms with Crippen molar-refractivity contribution in [1.82, 2.24) is 5.32 Å². The SMILES string of the molecule is NC(c1cccc(F)c1)C1(O)CCNCC1. The van der Waals surface area contributed by atoms with Gasteiger partial charge in [-0.25, -0.2) is 4.39 Å². The summed E-state index contributed by atoms with van der Waals surface area (Å²) in [5, 5.41) is 13.6. The fraction of sp³-hybridized carbons (Fsp3) is 0.500. The second-order valence-electron chi connectivity index (χ2n) is 4.39. The summed E-state index contributed by atoms with van der Waals surface area (Å²) in [5.41, 5.74) is 5.77. The molecule has 1 aromatic carbocycles. The molecule has 1 aliphatic rings.